The van der Waals surface area contributed by atoms with Crippen molar-refractivity contribution in [2.45, 2.75) is 137 Å². The van der Waals surface area contributed by atoms with Gasteiger partial charge in [0.05, 0.1) is 13.2 Å². The molecule has 1 unspecified atom stereocenters. The lowest BCUT2D eigenvalue weighted by molar-refractivity contribution is -0.143. The highest BCUT2D eigenvalue weighted by molar-refractivity contribution is 5.87. The summed E-state index contributed by atoms with van der Waals surface area (Å²) in [7, 11) is 0. The largest absolute Gasteiger partial charge is 0.462 e. The first-order valence-electron chi connectivity index (χ1n) is 19.5. The van der Waals surface area contributed by atoms with Crippen LogP contribution in [0.5, 0.6) is 0 Å². The summed E-state index contributed by atoms with van der Waals surface area (Å²) >= 11 is 0. The van der Waals surface area contributed by atoms with E-state index in [1.165, 1.54) is 92.0 Å². The standard InChI is InChI=1S/C45H64O4/c1-8-11-12-13-33-14-24-43(34(9-2)28-33)40-23-25-42(35(10-3)29-40)39-21-19-37(20-22-39)36-15-17-38(18-16-36)41(30-49-45(47)32(6)7)26-27-48-44(46)31(4)5/h14,23-25,28-29,36-39,41H,4,6,8-13,15-22,26-27,30H2,1-3,5,7H3. The third-order valence-electron chi connectivity index (χ3n) is 11.7. The Labute approximate surface area is 298 Å². The molecule has 1 atom stereocenters. The summed E-state index contributed by atoms with van der Waals surface area (Å²) in [5.41, 5.74) is 9.69. The number of esters is 2. The summed E-state index contributed by atoms with van der Waals surface area (Å²) in [5.74, 6) is 2.22. The van der Waals surface area contributed by atoms with Gasteiger partial charge >= 0.3 is 11.9 Å². The molecule has 4 nitrogen and oxygen atoms in total. The van der Waals surface area contributed by atoms with E-state index < -0.39 is 0 Å². The molecule has 2 aliphatic carbocycles. The lowest BCUT2D eigenvalue weighted by Crippen LogP contribution is -2.31. The smallest absolute Gasteiger partial charge is 0.333 e. The molecule has 2 fully saturated rings. The second-order valence-electron chi connectivity index (χ2n) is 15.2. The number of hydrogen-bond acceptors (Lipinski definition) is 4. The topological polar surface area (TPSA) is 52.6 Å². The van der Waals surface area contributed by atoms with Crippen LogP contribution in [-0.4, -0.2) is 25.2 Å². The third kappa shape index (κ3) is 10.9. The lowest BCUT2D eigenvalue weighted by atomic mass is 9.66. The highest BCUT2D eigenvalue weighted by Crippen LogP contribution is 2.46. The van der Waals surface area contributed by atoms with Crippen LogP contribution in [-0.2, 0) is 38.3 Å². The van der Waals surface area contributed by atoms with Crippen molar-refractivity contribution in [2.24, 2.45) is 23.7 Å². The first kappa shape index (κ1) is 38.7. The number of ether oxygens (including phenoxy) is 2. The van der Waals surface area contributed by atoms with Crippen LogP contribution >= 0.6 is 0 Å². The van der Waals surface area contributed by atoms with Gasteiger partial charge in [-0.15, -0.1) is 0 Å². The molecule has 0 aromatic heterocycles. The second-order valence-corrected chi connectivity index (χ2v) is 15.2. The minimum atomic E-state index is -0.354. The molecular weight excluding hydrogens is 604 g/mol. The molecule has 0 amide bonds. The molecule has 2 saturated carbocycles. The average molecular weight is 669 g/mol. The van der Waals surface area contributed by atoms with Crippen molar-refractivity contribution in [1.82, 2.24) is 0 Å². The quantitative estimate of drug-likeness (QED) is 0.0956. The van der Waals surface area contributed by atoms with E-state index in [1.54, 1.807) is 19.4 Å². The van der Waals surface area contributed by atoms with Gasteiger partial charge in [-0.05, 0) is 160 Å². The van der Waals surface area contributed by atoms with Gasteiger partial charge in [-0.1, -0.05) is 83.2 Å². The average Bonchev–Trinajstić information content (AvgIpc) is 3.12. The molecule has 0 aliphatic heterocycles. The Hall–Kier alpha value is -3.14. The molecule has 0 N–H and O–H groups in total. The van der Waals surface area contributed by atoms with Gasteiger partial charge in [0, 0.05) is 11.1 Å². The fourth-order valence-electron chi connectivity index (χ4n) is 8.61. The fourth-order valence-corrected chi connectivity index (χ4v) is 8.61. The molecule has 0 saturated heterocycles. The van der Waals surface area contributed by atoms with E-state index >= 15 is 0 Å². The summed E-state index contributed by atoms with van der Waals surface area (Å²) in [5, 5.41) is 0. The molecule has 0 radical (unpaired) electrons. The van der Waals surface area contributed by atoms with Gasteiger partial charge in [0.25, 0.3) is 0 Å². The number of carbonyl (C=O) groups is 2. The summed E-state index contributed by atoms with van der Waals surface area (Å²) in [6.45, 7) is 18.3. The van der Waals surface area contributed by atoms with E-state index in [2.05, 4.69) is 70.3 Å². The van der Waals surface area contributed by atoms with Gasteiger partial charge < -0.3 is 9.47 Å². The van der Waals surface area contributed by atoms with E-state index in [0.29, 0.717) is 42.6 Å². The van der Waals surface area contributed by atoms with Gasteiger partial charge in [-0.3, -0.25) is 0 Å². The highest BCUT2D eigenvalue weighted by Gasteiger charge is 2.34. The maximum Gasteiger partial charge on any atom is 0.333 e. The van der Waals surface area contributed by atoms with Crippen LogP contribution in [0.25, 0.3) is 11.1 Å². The highest BCUT2D eigenvalue weighted by atomic mass is 16.5. The van der Waals surface area contributed by atoms with Gasteiger partial charge in [0.15, 0.2) is 0 Å². The molecular formula is C45H64O4. The Kier molecular flexibility index (Phi) is 15.2. The Morgan fingerprint density at radius 1 is 0.755 bits per heavy atom. The third-order valence-corrected chi connectivity index (χ3v) is 11.7. The van der Waals surface area contributed by atoms with Crippen molar-refractivity contribution < 1.29 is 19.1 Å². The molecule has 0 spiro atoms. The van der Waals surface area contributed by atoms with Crippen LogP contribution in [0.3, 0.4) is 0 Å². The number of benzene rings is 2. The molecule has 4 rings (SSSR count). The maximum absolute atomic E-state index is 12.2. The van der Waals surface area contributed by atoms with Crippen LogP contribution in [0.15, 0.2) is 60.7 Å². The summed E-state index contributed by atoms with van der Waals surface area (Å²) in [6.07, 6.45) is 17.9. The van der Waals surface area contributed by atoms with Crippen molar-refractivity contribution in [1.29, 1.82) is 0 Å². The lowest BCUT2D eigenvalue weighted by Gasteiger charge is -2.40. The summed E-state index contributed by atoms with van der Waals surface area (Å²) in [4.78, 5) is 24.1. The van der Waals surface area contributed by atoms with Crippen molar-refractivity contribution >= 4 is 11.9 Å². The molecule has 2 aliphatic rings. The first-order valence-corrected chi connectivity index (χ1v) is 19.5. The summed E-state index contributed by atoms with van der Waals surface area (Å²) in [6, 6.07) is 14.6. The number of hydrogen-bond donors (Lipinski definition) is 0. The minimum absolute atomic E-state index is 0.186. The molecule has 268 valence electrons. The first-order chi connectivity index (χ1) is 23.6. The molecule has 0 bridgehead atoms. The van der Waals surface area contributed by atoms with Gasteiger partial charge in [0.1, 0.15) is 0 Å². The monoisotopic (exact) mass is 668 g/mol. The van der Waals surface area contributed by atoms with Crippen molar-refractivity contribution in [3.05, 3.63) is 83.0 Å². The van der Waals surface area contributed by atoms with E-state index in [9.17, 15) is 9.59 Å². The van der Waals surface area contributed by atoms with Crippen LogP contribution in [0.1, 0.15) is 140 Å². The van der Waals surface area contributed by atoms with Crippen molar-refractivity contribution in [3.8, 4) is 11.1 Å². The molecule has 4 heteroatoms. The molecule has 2 aromatic rings. The van der Waals surface area contributed by atoms with Crippen molar-refractivity contribution in [3.63, 3.8) is 0 Å². The Bertz CT molecular complexity index is 1400. The second kappa shape index (κ2) is 19.3. The van der Waals surface area contributed by atoms with E-state index in [1.807, 2.05) is 0 Å². The van der Waals surface area contributed by atoms with Crippen LogP contribution < -0.4 is 0 Å². The van der Waals surface area contributed by atoms with Crippen LogP contribution in [0.2, 0.25) is 0 Å². The SMILES string of the molecule is C=C(C)C(=O)OCCC(COC(=O)C(=C)C)C1CCC(C2CCC(c3ccc(-c4ccc(CCCCC)cc4CC)cc3CC)CC2)CC1. The molecule has 0 heterocycles. The Morgan fingerprint density at radius 2 is 1.39 bits per heavy atom. The zero-order valence-corrected chi connectivity index (χ0v) is 31.4. The Morgan fingerprint density at radius 3 is 2.00 bits per heavy atom. The van der Waals surface area contributed by atoms with Gasteiger partial charge in [-0.2, -0.15) is 0 Å². The zero-order chi connectivity index (χ0) is 35.3. The number of unbranched alkanes of at least 4 members (excludes halogenated alkanes) is 2. The van der Waals surface area contributed by atoms with E-state index in [-0.39, 0.29) is 17.9 Å². The number of rotatable bonds is 17. The van der Waals surface area contributed by atoms with Gasteiger partial charge in [-0.25, -0.2) is 9.59 Å². The predicted octanol–water partition coefficient (Wildman–Crippen LogP) is 11.5. The number of carbonyl (C=O) groups excluding carboxylic acids is 2. The maximum atomic E-state index is 12.2. The van der Waals surface area contributed by atoms with Crippen molar-refractivity contribution in [2.75, 3.05) is 13.2 Å². The Balaban J connectivity index is 1.32. The zero-order valence-electron chi connectivity index (χ0n) is 31.4. The fraction of sp³-hybridized carbons (Fsp3) is 0.600. The summed E-state index contributed by atoms with van der Waals surface area (Å²) < 4.78 is 11.0. The van der Waals surface area contributed by atoms with Crippen LogP contribution in [0, 0.1) is 23.7 Å². The minimum Gasteiger partial charge on any atom is -0.462 e. The van der Waals surface area contributed by atoms with Gasteiger partial charge in [0.2, 0.25) is 0 Å². The normalized spacial score (nSPS) is 21.5. The van der Waals surface area contributed by atoms with Crippen LogP contribution in [0.4, 0.5) is 0 Å². The molecule has 2 aromatic carbocycles. The van der Waals surface area contributed by atoms with E-state index in [4.69, 9.17) is 9.47 Å². The predicted molar refractivity (Wildman–Crippen MR) is 204 cm³/mol. The molecule has 49 heavy (non-hydrogen) atoms. The van der Waals surface area contributed by atoms with E-state index in [0.717, 1.165) is 37.5 Å². The number of aryl methyl sites for hydroxylation is 3.